The number of ketones is 1. The van der Waals surface area contributed by atoms with Crippen molar-refractivity contribution in [2.45, 2.75) is 6.92 Å². The zero-order chi connectivity index (χ0) is 25.1. The first kappa shape index (κ1) is 26.5. The molecule has 0 N–H and O–H groups in total. The van der Waals surface area contributed by atoms with Gasteiger partial charge in [-0.1, -0.05) is 30.0 Å². The maximum Gasteiger partial charge on any atom is 0.321 e. The van der Waals surface area contributed by atoms with E-state index >= 15 is 0 Å². The van der Waals surface area contributed by atoms with Crippen molar-refractivity contribution >= 4 is 34.7 Å². The number of thioether (sulfide) groups is 1. The number of allylic oxidation sites excluding steroid dienone is 2. The van der Waals surface area contributed by atoms with E-state index in [1.165, 1.54) is 40.6 Å². The lowest BCUT2D eigenvalue weighted by atomic mass is 10.1. The van der Waals surface area contributed by atoms with Crippen molar-refractivity contribution in [3.63, 3.8) is 0 Å². The van der Waals surface area contributed by atoms with E-state index in [-0.39, 0.29) is 22.4 Å². The predicted molar refractivity (Wildman–Crippen MR) is 130 cm³/mol. The number of methoxy groups -OCH3 is 4. The normalized spacial score (nSPS) is 10.9. The van der Waals surface area contributed by atoms with E-state index in [1.54, 1.807) is 49.4 Å². The molecule has 0 atom stereocenters. The topological polar surface area (TPSA) is 97.4 Å². The van der Waals surface area contributed by atoms with Crippen LogP contribution in [-0.2, 0) is 9.59 Å². The molecule has 0 aliphatic rings. The minimum atomic E-state index is -0.601. The van der Waals surface area contributed by atoms with E-state index in [0.717, 1.165) is 11.8 Å². The van der Waals surface area contributed by atoms with Gasteiger partial charge in [0.15, 0.2) is 28.8 Å². The van der Waals surface area contributed by atoms with Crippen molar-refractivity contribution in [2.75, 3.05) is 34.2 Å². The van der Waals surface area contributed by atoms with Crippen LogP contribution >= 0.6 is 11.8 Å². The van der Waals surface area contributed by atoms with Crippen LogP contribution in [0.25, 0.3) is 6.08 Å². The van der Waals surface area contributed by atoms with Crippen LogP contribution in [0.5, 0.6) is 28.7 Å². The monoisotopic (exact) mass is 486 g/mol. The summed E-state index contributed by atoms with van der Waals surface area (Å²) >= 11 is 0.837. The van der Waals surface area contributed by atoms with Crippen LogP contribution in [-0.4, -0.2) is 51.1 Å². The van der Waals surface area contributed by atoms with Crippen molar-refractivity contribution in [3.05, 3.63) is 59.7 Å². The van der Waals surface area contributed by atoms with E-state index in [0.29, 0.717) is 34.1 Å². The smallest absolute Gasteiger partial charge is 0.321 e. The molecule has 0 aromatic heterocycles. The quantitative estimate of drug-likeness (QED) is 0.199. The molecule has 0 saturated carbocycles. The molecule has 0 saturated heterocycles. The van der Waals surface area contributed by atoms with Gasteiger partial charge in [0.2, 0.25) is 10.9 Å². The Morgan fingerprint density at radius 2 is 1.47 bits per heavy atom. The summed E-state index contributed by atoms with van der Waals surface area (Å²) in [5, 5.41) is -0.242. The number of hydrogen-bond acceptors (Lipinski definition) is 9. The van der Waals surface area contributed by atoms with Gasteiger partial charge in [-0.05, 0) is 48.9 Å². The molecule has 0 aliphatic heterocycles. The molecule has 0 spiro atoms. The second-order valence-electron chi connectivity index (χ2n) is 6.60. The van der Waals surface area contributed by atoms with Gasteiger partial charge in [-0.15, -0.1) is 0 Å². The lowest BCUT2D eigenvalue weighted by Crippen LogP contribution is -2.12. The van der Waals surface area contributed by atoms with Crippen LogP contribution in [0.2, 0.25) is 0 Å². The molecule has 8 nitrogen and oxygen atoms in total. The summed E-state index contributed by atoms with van der Waals surface area (Å²) in [5.41, 5.74) is 0.941. The number of hydrogen-bond donors (Lipinski definition) is 0. The summed E-state index contributed by atoms with van der Waals surface area (Å²) in [6.45, 7) is 1.72. The highest BCUT2D eigenvalue weighted by molar-refractivity contribution is 8.14. The van der Waals surface area contributed by atoms with Gasteiger partial charge in [0.25, 0.3) is 0 Å². The largest absolute Gasteiger partial charge is 0.493 e. The van der Waals surface area contributed by atoms with E-state index in [1.807, 2.05) is 0 Å². The highest BCUT2D eigenvalue weighted by atomic mass is 32.2. The minimum Gasteiger partial charge on any atom is -0.493 e. The highest BCUT2D eigenvalue weighted by Gasteiger charge is 2.16. The zero-order valence-electron chi connectivity index (χ0n) is 19.6. The molecule has 0 amide bonds. The molecule has 0 aliphatic carbocycles. The fraction of sp³-hybridized carbons (Fsp3) is 0.240. The first-order valence-electron chi connectivity index (χ1n) is 10.1. The Balaban J connectivity index is 2.21. The molecule has 9 heteroatoms. The van der Waals surface area contributed by atoms with Gasteiger partial charge >= 0.3 is 5.97 Å². The fourth-order valence-electron chi connectivity index (χ4n) is 2.83. The summed E-state index contributed by atoms with van der Waals surface area (Å²) in [7, 11) is 5.86. The summed E-state index contributed by atoms with van der Waals surface area (Å²) in [6, 6.07) is 8.00. The molecule has 2 aromatic carbocycles. The van der Waals surface area contributed by atoms with Gasteiger partial charge in [0.1, 0.15) is 0 Å². The lowest BCUT2D eigenvalue weighted by molar-refractivity contribution is -0.131. The molecule has 0 bridgehead atoms. The van der Waals surface area contributed by atoms with E-state index in [9.17, 15) is 14.4 Å². The lowest BCUT2D eigenvalue weighted by Gasteiger charge is -2.13. The third kappa shape index (κ3) is 7.14. The Morgan fingerprint density at radius 1 is 0.824 bits per heavy atom. The number of esters is 1. The van der Waals surface area contributed by atoms with Crippen molar-refractivity contribution in [2.24, 2.45) is 0 Å². The first-order chi connectivity index (χ1) is 16.4. The van der Waals surface area contributed by atoms with Crippen LogP contribution < -0.4 is 23.7 Å². The van der Waals surface area contributed by atoms with Gasteiger partial charge in [-0.3, -0.25) is 14.4 Å². The SMILES string of the molecule is C/C=C/C(=O)SCC(=O)Oc1cc(/C=C/C(=O)c2cc(OC)c(OC)c(OC)c2)ccc1OC. The number of carbonyl (C=O) groups is 3. The van der Waals surface area contributed by atoms with Gasteiger partial charge in [-0.2, -0.15) is 0 Å². The number of carbonyl (C=O) groups excluding carboxylic acids is 3. The summed E-state index contributed by atoms with van der Waals surface area (Å²) in [4.78, 5) is 36.4. The Labute approximate surface area is 202 Å². The Kier molecular flexibility index (Phi) is 10.2. The average Bonchev–Trinajstić information content (AvgIpc) is 2.85. The van der Waals surface area contributed by atoms with Crippen molar-refractivity contribution in [3.8, 4) is 28.7 Å². The third-order valence-electron chi connectivity index (χ3n) is 4.42. The van der Waals surface area contributed by atoms with Crippen molar-refractivity contribution in [1.29, 1.82) is 0 Å². The van der Waals surface area contributed by atoms with Crippen LogP contribution in [0.3, 0.4) is 0 Å². The van der Waals surface area contributed by atoms with Gasteiger partial charge in [0.05, 0.1) is 34.2 Å². The Hall–Kier alpha value is -3.72. The number of ether oxygens (including phenoxy) is 5. The van der Waals surface area contributed by atoms with E-state index in [2.05, 4.69) is 0 Å². The molecule has 2 rings (SSSR count). The van der Waals surface area contributed by atoms with Gasteiger partial charge in [-0.25, -0.2) is 0 Å². The first-order valence-corrected chi connectivity index (χ1v) is 11.1. The summed E-state index contributed by atoms with van der Waals surface area (Å²) < 4.78 is 26.4. The molecule has 0 fully saturated rings. The van der Waals surface area contributed by atoms with Crippen LogP contribution in [0, 0.1) is 0 Å². The molecular weight excluding hydrogens is 460 g/mol. The predicted octanol–water partition coefficient (Wildman–Crippen LogP) is 4.36. The highest BCUT2D eigenvalue weighted by Crippen LogP contribution is 2.38. The molecular formula is C25H26O8S. The molecule has 2 aromatic rings. The van der Waals surface area contributed by atoms with E-state index in [4.69, 9.17) is 23.7 Å². The molecule has 0 heterocycles. The maximum atomic E-state index is 12.8. The standard InChI is InChI=1S/C25H26O8S/c1-6-7-24(28)34-15-23(27)33-20-12-16(9-11-19(20)29-2)8-10-18(26)17-13-21(30-3)25(32-5)22(14-17)31-4/h6-14H,15H2,1-5H3/b7-6+,10-8+. The fourth-order valence-corrected chi connectivity index (χ4v) is 3.39. The Bertz CT molecular complexity index is 1080. The summed E-state index contributed by atoms with van der Waals surface area (Å²) in [6.07, 6.45) is 5.92. The molecule has 0 radical (unpaired) electrons. The second-order valence-corrected chi connectivity index (χ2v) is 7.58. The second kappa shape index (κ2) is 13.1. The van der Waals surface area contributed by atoms with E-state index < -0.39 is 5.97 Å². The maximum absolute atomic E-state index is 12.8. The Morgan fingerprint density at radius 3 is 2.03 bits per heavy atom. The number of benzene rings is 2. The van der Waals surface area contributed by atoms with Crippen molar-refractivity contribution in [1.82, 2.24) is 0 Å². The third-order valence-corrected chi connectivity index (χ3v) is 5.22. The van der Waals surface area contributed by atoms with Crippen LogP contribution in [0.1, 0.15) is 22.8 Å². The minimum absolute atomic E-state index is 0.147. The van der Waals surface area contributed by atoms with Gasteiger partial charge in [0, 0.05) is 5.56 Å². The number of rotatable bonds is 11. The zero-order valence-corrected chi connectivity index (χ0v) is 20.4. The van der Waals surface area contributed by atoms with Crippen LogP contribution in [0.15, 0.2) is 48.6 Å². The average molecular weight is 487 g/mol. The molecule has 0 unspecified atom stereocenters. The van der Waals surface area contributed by atoms with Crippen LogP contribution in [0.4, 0.5) is 0 Å². The molecule has 34 heavy (non-hydrogen) atoms. The van der Waals surface area contributed by atoms with Crippen molar-refractivity contribution < 1.29 is 38.1 Å². The summed E-state index contributed by atoms with van der Waals surface area (Å²) in [5.74, 6) is 0.582. The van der Waals surface area contributed by atoms with Gasteiger partial charge < -0.3 is 23.7 Å². The molecule has 180 valence electrons.